The number of aromatic nitrogens is 1. The van der Waals surface area contributed by atoms with Crippen molar-refractivity contribution in [3.63, 3.8) is 0 Å². The van der Waals surface area contributed by atoms with Gasteiger partial charge in [-0.15, -0.1) is 0 Å². The van der Waals surface area contributed by atoms with E-state index in [4.69, 9.17) is 23.2 Å². The number of alkyl halides is 3. The van der Waals surface area contributed by atoms with Gasteiger partial charge in [0.25, 0.3) is 11.8 Å². The number of rotatable bonds is 3. The summed E-state index contributed by atoms with van der Waals surface area (Å²) in [6.45, 7) is 7.31. The van der Waals surface area contributed by atoms with Crippen LogP contribution in [0, 0.1) is 25.7 Å². The number of ketones is 1. The fourth-order valence-corrected chi connectivity index (χ4v) is 5.80. The minimum atomic E-state index is -4.53. The highest BCUT2D eigenvalue weighted by Gasteiger charge is 2.34. The highest BCUT2D eigenvalue weighted by atomic mass is 35.5. The van der Waals surface area contributed by atoms with Gasteiger partial charge in [0.1, 0.15) is 5.78 Å². The van der Waals surface area contributed by atoms with Crippen LogP contribution in [0.25, 0.3) is 10.9 Å². The average molecular weight is 553 g/mol. The fraction of sp³-hybridized carbons (Fsp3) is 0.370. The number of halogens is 5. The fourth-order valence-electron chi connectivity index (χ4n) is 5.19. The highest BCUT2D eigenvalue weighted by molar-refractivity contribution is 6.41. The Labute approximate surface area is 222 Å². The molecule has 196 valence electrons. The molecule has 37 heavy (non-hydrogen) atoms. The second-order valence-electron chi connectivity index (χ2n) is 9.69. The molecule has 1 fully saturated rings. The number of nitrogens with zero attached hydrogens (tertiary/aromatic N) is 2. The summed E-state index contributed by atoms with van der Waals surface area (Å²) < 4.78 is 41.3. The number of carbonyl (C=O) groups is 3. The van der Waals surface area contributed by atoms with Gasteiger partial charge in [-0.3, -0.25) is 19.0 Å². The second-order valence-corrected chi connectivity index (χ2v) is 10.5. The summed E-state index contributed by atoms with van der Waals surface area (Å²) >= 11 is 13.0. The molecule has 2 aromatic carbocycles. The molecule has 2 heterocycles. The normalized spacial score (nSPS) is 18.4. The largest absolute Gasteiger partial charge is 0.416 e. The SMILES string of the molecule is CC(=O)[C@@H]1CCN(C(=O)c2ccc(Cl)c(C(=O)n3cc(C)c4cc(C(F)(F)F)cc(C)c43)c2Cl)C[C@@H]1C. The lowest BCUT2D eigenvalue weighted by Gasteiger charge is -2.36. The quantitative estimate of drug-likeness (QED) is 0.353. The molecule has 0 spiro atoms. The molecule has 0 saturated carbocycles. The Morgan fingerprint density at radius 2 is 1.70 bits per heavy atom. The standard InChI is InChI=1S/C27H25Cl2F3N2O3/c1-13-9-17(27(30,31)32)10-20-15(3)12-34(24(13)20)26(37)22-21(28)6-5-19(23(22)29)25(36)33-8-7-18(16(4)35)14(2)11-33/h5-6,9-10,12,14,18H,7-8,11H2,1-4H3/t14-,18+/m0/s1. The Morgan fingerprint density at radius 1 is 1.03 bits per heavy atom. The van der Waals surface area contributed by atoms with Gasteiger partial charge in [0.05, 0.1) is 32.3 Å². The lowest BCUT2D eigenvalue weighted by molar-refractivity contribution is -0.137. The Bertz CT molecular complexity index is 1450. The zero-order chi connectivity index (χ0) is 27.4. The lowest BCUT2D eigenvalue weighted by Crippen LogP contribution is -2.44. The molecule has 10 heteroatoms. The van der Waals surface area contributed by atoms with Crippen LogP contribution in [0.2, 0.25) is 10.0 Å². The highest BCUT2D eigenvalue weighted by Crippen LogP contribution is 2.37. The molecule has 1 saturated heterocycles. The monoisotopic (exact) mass is 552 g/mol. The van der Waals surface area contributed by atoms with Gasteiger partial charge in [-0.1, -0.05) is 30.1 Å². The first-order valence-electron chi connectivity index (χ1n) is 11.7. The van der Waals surface area contributed by atoms with E-state index in [1.54, 1.807) is 18.7 Å². The van der Waals surface area contributed by atoms with Crippen molar-refractivity contribution in [1.29, 1.82) is 0 Å². The molecule has 4 rings (SSSR count). The van der Waals surface area contributed by atoms with Gasteiger partial charge < -0.3 is 4.90 Å². The Hall–Kier alpha value is -2.84. The number of piperidine rings is 1. The molecular formula is C27H25Cl2F3N2O3. The van der Waals surface area contributed by atoms with E-state index in [9.17, 15) is 27.6 Å². The van der Waals surface area contributed by atoms with E-state index >= 15 is 0 Å². The first-order valence-corrected chi connectivity index (χ1v) is 12.5. The Kier molecular flexibility index (Phi) is 7.20. The van der Waals surface area contributed by atoms with E-state index < -0.39 is 17.6 Å². The number of amides is 1. The van der Waals surface area contributed by atoms with Crippen molar-refractivity contribution in [3.8, 4) is 0 Å². The second kappa shape index (κ2) is 9.80. The number of hydrogen-bond donors (Lipinski definition) is 0. The summed E-state index contributed by atoms with van der Waals surface area (Å²) in [4.78, 5) is 40.5. The van der Waals surface area contributed by atoms with Crippen molar-refractivity contribution in [2.24, 2.45) is 11.8 Å². The van der Waals surface area contributed by atoms with Crippen LogP contribution in [-0.2, 0) is 11.0 Å². The third-order valence-electron chi connectivity index (χ3n) is 7.09. The number of Topliss-reactive ketones (excluding diaryl/α,β-unsaturated/α-hetero) is 1. The molecule has 2 atom stereocenters. The maximum atomic E-state index is 13.7. The van der Waals surface area contributed by atoms with E-state index in [2.05, 4.69) is 0 Å². The lowest BCUT2D eigenvalue weighted by atomic mass is 9.84. The number of fused-ring (bicyclic) bond motifs is 1. The van der Waals surface area contributed by atoms with Crippen LogP contribution in [0.5, 0.6) is 0 Å². The third kappa shape index (κ3) is 4.89. The van der Waals surface area contributed by atoms with Crippen molar-refractivity contribution in [2.75, 3.05) is 13.1 Å². The van der Waals surface area contributed by atoms with Gasteiger partial charge in [0.2, 0.25) is 0 Å². The smallest absolute Gasteiger partial charge is 0.338 e. The first kappa shape index (κ1) is 27.2. The van der Waals surface area contributed by atoms with Crippen LogP contribution in [0.3, 0.4) is 0 Å². The van der Waals surface area contributed by atoms with Gasteiger partial charge in [-0.05, 0) is 68.5 Å². The average Bonchev–Trinajstić information content (AvgIpc) is 3.15. The first-order chi connectivity index (χ1) is 17.2. The van der Waals surface area contributed by atoms with Crippen LogP contribution in [0.4, 0.5) is 13.2 Å². The summed E-state index contributed by atoms with van der Waals surface area (Å²) in [5.74, 6) is -1.10. The molecule has 0 N–H and O–H groups in total. The van der Waals surface area contributed by atoms with Gasteiger partial charge >= 0.3 is 6.18 Å². The predicted octanol–water partition coefficient (Wildman–Crippen LogP) is 6.96. The molecule has 0 unspecified atom stereocenters. The van der Waals surface area contributed by atoms with Gasteiger partial charge in [-0.25, -0.2) is 0 Å². The number of hydrogen-bond acceptors (Lipinski definition) is 3. The molecule has 1 aromatic heterocycles. The van der Waals surface area contributed by atoms with Crippen molar-refractivity contribution < 1.29 is 27.6 Å². The molecule has 1 aliphatic rings. The summed E-state index contributed by atoms with van der Waals surface area (Å²) in [7, 11) is 0. The molecule has 3 aromatic rings. The van der Waals surface area contributed by atoms with E-state index in [1.807, 2.05) is 6.92 Å². The molecule has 0 radical (unpaired) electrons. The number of carbonyl (C=O) groups excluding carboxylic acids is 3. The summed E-state index contributed by atoms with van der Waals surface area (Å²) in [5.41, 5.74) is 0.202. The van der Waals surface area contributed by atoms with Crippen molar-refractivity contribution in [3.05, 3.63) is 68.3 Å². The number of benzene rings is 2. The van der Waals surface area contributed by atoms with E-state index in [1.165, 1.54) is 29.8 Å². The molecule has 1 aliphatic heterocycles. The van der Waals surface area contributed by atoms with Crippen LogP contribution >= 0.6 is 23.2 Å². The van der Waals surface area contributed by atoms with E-state index in [0.717, 1.165) is 12.1 Å². The van der Waals surface area contributed by atoms with E-state index in [-0.39, 0.29) is 55.6 Å². The van der Waals surface area contributed by atoms with Crippen molar-refractivity contribution in [2.45, 2.75) is 40.3 Å². The molecule has 0 aliphatic carbocycles. The summed E-state index contributed by atoms with van der Waals surface area (Å²) in [6, 6.07) is 4.86. The number of aryl methyl sites for hydroxylation is 2. The van der Waals surface area contributed by atoms with Gasteiger partial charge in [0, 0.05) is 30.6 Å². The van der Waals surface area contributed by atoms with Gasteiger partial charge in [0.15, 0.2) is 0 Å². The van der Waals surface area contributed by atoms with Crippen LogP contribution in [0.1, 0.15) is 57.7 Å². The maximum Gasteiger partial charge on any atom is 0.416 e. The van der Waals surface area contributed by atoms with Crippen molar-refractivity contribution in [1.82, 2.24) is 9.47 Å². The van der Waals surface area contributed by atoms with Crippen molar-refractivity contribution >= 4 is 51.7 Å². The van der Waals surface area contributed by atoms with E-state index in [0.29, 0.717) is 30.6 Å². The minimum Gasteiger partial charge on any atom is -0.338 e. The topological polar surface area (TPSA) is 59.4 Å². The van der Waals surface area contributed by atoms with Gasteiger partial charge in [-0.2, -0.15) is 13.2 Å². The Morgan fingerprint density at radius 3 is 2.30 bits per heavy atom. The zero-order valence-corrected chi connectivity index (χ0v) is 22.2. The molecule has 5 nitrogen and oxygen atoms in total. The summed E-state index contributed by atoms with van der Waals surface area (Å²) in [5, 5.41) is 0.162. The van der Waals surface area contributed by atoms with Crippen LogP contribution < -0.4 is 0 Å². The Balaban J connectivity index is 1.75. The third-order valence-corrected chi connectivity index (χ3v) is 7.79. The predicted molar refractivity (Wildman–Crippen MR) is 136 cm³/mol. The van der Waals surface area contributed by atoms with Crippen LogP contribution in [-0.4, -0.2) is 40.2 Å². The zero-order valence-electron chi connectivity index (χ0n) is 20.7. The summed E-state index contributed by atoms with van der Waals surface area (Å²) in [6.07, 6.45) is -2.56. The molecule has 1 amide bonds. The maximum absolute atomic E-state index is 13.7. The minimum absolute atomic E-state index is 0.0132. The number of likely N-dealkylation sites (tertiary alicyclic amines) is 1. The van der Waals surface area contributed by atoms with Crippen LogP contribution in [0.15, 0.2) is 30.5 Å². The molecular weight excluding hydrogens is 528 g/mol. The molecule has 0 bridgehead atoms.